The monoisotopic (exact) mass is 402 g/mol. The van der Waals surface area contributed by atoms with Crippen LogP contribution in [0.5, 0.6) is 0 Å². The van der Waals surface area contributed by atoms with Gasteiger partial charge in [0.1, 0.15) is 12.1 Å². The molecular formula is C25H26N2O3. The summed E-state index contributed by atoms with van der Waals surface area (Å²) in [5.74, 6) is -0.306. The average Bonchev–Trinajstić information content (AvgIpc) is 3.05. The standard InChI is InChI=1S/C25H26N2O3/c1-4-30-23(28)16-27-22(17(2)3)14-20-19-12-8-9-13-21(19)26(24(20)25(27)29)15-18-10-6-5-7-11-18/h5-14,17H,4,15-16H2,1-3H3. The van der Waals surface area contributed by atoms with E-state index in [-0.39, 0.29) is 18.0 Å². The zero-order chi connectivity index (χ0) is 21.3. The van der Waals surface area contributed by atoms with Crippen molar-refractivity contribution in [2.24, 2.45) is 0 Å². The highest BCUT2D eigenvalue weighted by molar-refractivity contribution is 6.08. The molecule has 0 aliphatic carbocycles. The van der Waals surface area contributed by atoms with E-state index in [1.807, 2.05) is 50.2 Å². The number of carbonyl (C=O) groups excluding carboxylic acids is 1. The minimum Gasteiger partial charge on any atom is -0.465 e. The van der Waals surface area contributed by atoms with Crippen LogP contribution in [0.2, 0.25) is 0 Å². The Bertz CT molecular complexity index is 1270. The molecule has 0 radical (unpaired) electrons. The van der Waals surface area contributed by atoms with Gasteiger partial charge in [-0.2, -0.15) is 0 Å². The average molecular weight is 402 g/mol. The van der Waals surface area contributed by atoms with Crippen LogP contribution in [0.4, 0.5) is 0 Å². The van der Waals surface area contributed by atoms with Crippen molar-refractivity contribution in [2.45, 2.75) is 39.8 Å². The van der Waals surface area contributed by atoms with E-state index in [1.54, 1.807) is 11.5 Å². The molecule has 0 atom stereocenters. The summed E-state index contributed by atoms with van der Waals surface area (Å²) >= 11 is 0. The molecule has 0 saturated heterocycles. The van der Waals surface area contributed by atoms with Gasteiger partial charge in [0.2, 0.25) is 0 Å². The SMILES string of the molecule is CCOC(=O)Cn1c(C(C)C)cc2c3ccccc3n(Cc3ccccc3)c2c1=O. The Morgan fingerprint density at radius 1 is 0.967 bits per heavy atom. The van der Waals surface area contributed by atoms with E-state index in [1.165, 1.54) is 0 Å². The van der Waals surface area contributed by atoms with Crippen LogP contribution in [0.1, 0.15) is 37.9 Å². The van der Waals surface area contributed by atoms with Gasteiger partial charge in [0, 0.05) is 28.5 Å². The van der Waals surface area contributed by atoms with Gasteiger partial charge >= 0.3 is 5.97 Å². The lowest BCUT2D eigenvalue weighted by Gasteiger charge is -2.16. The largest absolute Gasteiger partial charge is 0.465 e. The maximum absolute atomic E-state index is 13.7. The number of hydrogen-bond acceptors (Lipinski definition) is 3. The molecule has 0 saturated carbocycles. The molecule has 4 aromatic rings. The minimum atomic E-state index is -0.397. The zero-order valence-electron chi connectivity index (χ0n) is 17.6. The first-order chi connectivity index (χ1) is 14.5. The molecule has 2 aromatic carbocycles. The fraction of sp³-hybridized carbons (Fsp3) is 0.280. The quantitative estimate of drug-likeness (QED) is 0.440. The van der Waals surface area contributed by atoms with Crippen molar-refractivity contribution >= 4 is 27.8 Å². The lowest BCUT2D eigenvalue weighted by molar-refractivity contribution is -0.143. The number of benzene rings is 2. The number of esters is 1. The molecule has 4 rings (SSSR count). The summed E-state index contributed by atoms with van der Waals surface area (Å²) in [4.78, 5) is 25.9. The van der Waals surface area contributed by atoms with Crippen LogP contribution in [0.15, 0.2) is 65.5 Å². The Labute approximate surface area is 175 Å². The van der Waals surface area contributed by atoms with Crippen LogP contribution < -0.4 is 5.56 Å². The van der Waals surface area contributed by atoms with E-state index in [9.17, 15) is 9.59 Å². The Morgan fingerprint density at radius 2 is 1.67 bits per heavy atom. The number of pyridine rings is 1. The predicted molar refractivity (Wildman–Crippen MR) is 120 cm³/mol. The molecule has 30 heavy (non-hydrogen) atoms. The van der Waals surface area contributed by atoms with Gasteiger partial charge in [-0.05, 0) is 30.5 Å². The summed E-state index contributed by atoms with van der Waals surface area (Å²) in [7, 11) is 0. The first-order valence-electron chi connectivity index (χ1n) is 10.4. The number of aromatic nitrogens is 2. The van der Waals surface area contributed by atoms with E-state index in [0.29, 0.717) is 18.7 Å². The molecule has 5 nitrogen and oxygen atoms in total. The van der Waals surface area contributed by atoms with Gasteiger partial charge in [-0.25, -0.2) is 0 Å². The van der Waals surface area contributed by atoms with E-state index in [0.717, 1.165) is 27.5 Å². The number of nitrogens with zero attached hydrogens (tertiary/aromatic N) is 2. The maximum atomic E-state index is 13.7. The van der Waals surface area contributed by atoms with E-state index in [2.05, 4.69) is 28.8 Å². The second kappa shape index (κ2) is 8.19. The molecule has 0 unspecified atom stereocenters. The third-order valence-corrected chi connectivity index (χ3v) is 5.43. The van der Waals surface area contributed by atoms with Gasteiger partial charge < -0.3 is 9.30 Å². The fourth-order valence-corrected chi connectivity index (χ4v) is 4.09. The van der Waals surface area contributed by atoms with Crippen molar-refractivity contribution in [1.29, 1.82) is 0 Å². The highest BCUT2D eigenvalue weighted by Gasteiger charge is 2.21. The van der Waals surface area contributed by atoms with Gasteiger partial charge in [-0.15, -0.1) is 0 Å². The second-order valence-electron chi connectivity index (χ2n) is 7.77. The molecule has 5 heteroatoms. The molecule has 0 fully saturated rings. The number of ether oxygens (including phenoxy) is 1. The van der Waals surface area contributed by atoms with E-state index in [4.69, 9.17) is 4.74 Å². The summed E-state index contributed by atoms with van der Waals surface area (Å²) in [5, 5.41) is 1.97. The van der Waals surface area contributed by atoms with Crippen molar-refractivity contribution < 1.29 is 9.53 Å². The van der Waals surface area contributed by atoms with Crippen molar-refractivity contribution in [1.82, 2.24) is 9.13 Å². The molecular weight excluding hydrogens is 376 g/mol. The lowest BCUT2D eigenvalue weighted by atomic mass is 10.1. The van der Waals surface area contributed by atoms with Crippen molar-refractivity contribution in [3.05, 3.63) is 82.3 Å². The highest BCUT2D eigenvalue weighted by atomic mass is 16.5. The number of carbonyl (C=O) groups is 1. The van der Waals surface area contributed by atoms with Gasteiger partial charge in [0.15, 0.2) is 0 Å². The number of para-hydroxylation sites is 1. The van der Waals surface area contributed by atoms with Gasteiger partial charge in [-0.3, -0.25) is 14.2 Å². The molecule has 0 spiro atoms. The lowest BCUT2D eigenvalue weighted by Crippen LogP contribution is -2.30. The normalized spacial score (nSPS) is 11.5. The first kappa shape index (κ1) is 20.0. The summed E-state index contributed by atoms with van der Waals surface area (Å²) in [6.07, 6.45) is 0. The topological polar surface area (TPSA) is 53.2 Å². The van der Waals surface area contributed by atoms with Crippen LogP contribution >= 0.6 is 0 Å². The summed E-state index contributed by atoms with van der Waals surface area (Å²) in [6, 6.07) is 20.2. The molecule has 0 amide bonds. The zero-order valence-corrected chi connectivity index (χ0v) is 17.6. The second-order valence-corrected chi connectivity index (χ2v) is 7.77. The Balaban J connectivity index is 2.02. The minimum absolute atomic E-state index is 0.0804. The van der Waals surface area contributed by atoms with E-state index >= 15 is 0 Å². The smallest absolute Gasteiger partial charge is 0.326 e. The van der Waals surface area contributed by atoms with Gasteiger partial charge in [0.05, 0.1) is 6.61 Å². The predicted octanol–water partition coefficient (Wildman–Crippen LogP) is 4.69. The third-order valence-electron chi connectivity index (χ3n) is 5.43. The molecule has 0 aliphatic heterocycles. The molecule has 0 N–H and O–H groups in total. The van der Waals surface area contributed by atoms with Gasteiger partial charge in [0.25, 0.3) is 5.56 Å². The van der Waals surface area contributed by atoms with Crippen LogP contribution in [0, 0.1) is 0 Å². The van der Waals surface area contributed by atoms with Crippen molar-refractivity contribution in [3.8, 4) is 0 Å². The molecule has 2 heterocycles. The molecule has 2 aromatic heterocycles. The Hall–Kier alpha value is -3.34. The van der Waals surface area contributed by atoms with Crippen LogP contribution in [-0.4, -0.2) is 21.7 Å². The van der Waals surface area contributed by atoms with Crippen molar-refractivity contribution in [2.75, 3.05) is 6.61 Å². The molecule has 0 aliphatic rings. The summed E-state index contributed by atoms with van der Waals surface area (Å²) in [5.41, 5.74) is 3.43. The number of rotatable bonds is 6. The highest BCUT2D eigenvalue weighted by Crippen LogP contribution is 2.30. The fourth-order valence-electron chi connectivity index (χ4n) is 4.09. The summed E-state index contributed by atoms with van der Waals surface area (Å²) < 4.78 is 8.77. The number of fused-ring (bicyclic) bond motifs is 3. The summed E-state index contributed by atoms with van der Waals surface area (Å²) in [6.45, 7) is 6.63. The van der Waals surface area contributed by atoms with Crippen LogP contribution in [0.25, 0.3) is 21.8 Å². The number of hydrogen-bond donors (Lipinski definition) is 0. The molecule has 154 valence electrons. The van der Waals surface area contributed by atoms with Crippen LogP contribution in [0.3, 0.4) is 0 Å². The van der Waals surface area contributed by atoms with E-state index < -0.39 is 5.97 Å². The molecule has 0 bridgehead atoms. The van der Waals surface area contributed by atoms with Crippen molar-refractivity contribution in [3.63, 3.8) is 0 Å². The Morgan fingerprint density at radius 3 is 2.37 bits per heavy atom. The third kappa shape index (κ3) is 3.52. The van der Waals surface area contributed by atoms with Gasteiger partial charge in [-0.1, -0.05) is 62.4 Å². The van der Waals surface area contributed by atoms with Crippen LogP contribution in [-0.2, 0) is 22.6 Å². The Kier molecular flexibility index (Phi) is 5.44. The first-order valence-corrected chi connectivity index (χ1v) is 10.4. The maximum Gasteiger partial charge on any atom is 0.326 e.